The average molecular weight is 408 g/mol. The molecule has 1 atom stereocenters. The fraction of sp³-hybridized carbons (Fsp3) is 0.100. The first-order chi connectivity index (χ1) is 14.1. The van der Waals surface area contributed by atoms with E-state index in [9.17, 15) is 4.79 Å². The number of aromatic amines is 1. The standard InChI is InChI=1S/C20H18ClN7O/c1-13-11-28(16-9-7-15(21)8-10-16)27-18(13)25-20(29)24-17(19-22-12-23-26-19)14-5-3-2-4-6-14/h2-12,17H,1H3,(H,22,23,26)(H2,24,25,27,29). The molecule has 3 N–H and O–H groups in total. The number of amides is 2. The van der Waals surface area contributed by atoms with Gasteiger partial charge in [-0.25, -0.2) is 14.5 Å². The van der Waals surface area contributed by atoms with Crippen LogP contribution < -0.4 is 10.6 Å². The molecular formula is C20H18ClN7O. The van der Waals surface area contributed by atoms with Crippen molar-refractivity contribution in [3.05, 3.63) is 89.1 Å². The van der Waals surface area contributed by atoms with Gasteiger partial charge < -0.3 is 5.32 Å². The van der Waals surface area contributed by atoms with E-state index in [0.29, 0.717) is 16.7 Å². The molecule has 0 bridgehead atoms. The van der Waals surface area contributed by atoms with Crippen LogP contribution in [-0.4, -0.2) is 31.0 Å². The fourth-order valence-corrected chi connectivity index (χ4v) is 3.02. The molecule has 2 aromatic heterocycles. The van der Waals surface area contributed by atoms with Crippen molar-refractivity contribution in [2.75, 3.05) is 5.32 Å². The zero-order valence-corrected chi connectivity index (χ0v) is 16.3. The summed E-state index contributed by atoms with van der Waals surface area (Å²) >= 11 is 5.94. The summed E-state index contributed by atoms with van der Waals surface area (Å²) in [6.07, 6.45) is 3.24. The topological polar surface area (TPSA) is 101 Å². The highest BCUT2D eigenvalue weighted by Crippen LogP contribution is 2.20. The number of carbonyl (C=O) groups excluding carboxylic acids is 1. The van der Waals surface area contributed by atoms with Crippen LogP contribution in [0.4, 0.5) is 10.6 Å². The molecule has 0 fully saturated rings. The third-order valence-electron chi connectivity index (χ3n) is 4.34. The molecule has 0 aliphatic heterocycles. The average Bonchev–Trinajstić information content (AvgIpc) is 3.38. The fourth-order valence-electron chi connectivity index (χ4n) is 2.89. The van der Waals surface area contributed by atoms with Gasteiger partial charge in [0.25, 0.3) is 0 Å². The summed E-state index contributed by atoms with van der Waals surface area (Å²) in [6.45, 7) is 1.88. The Morgan fingerprint density at radius 1 is 1.14 bits per heavy atom. The highest BCUT2D eigenvalue weighted by molar-refractivity contribution is 6.30. The molecular weight excluding hydrogens is 390 g/mol. The number of aromatic nitrogens is 5. The number of hydrogen-bond acceptors (Lipinski definition) is 4. The monoisotopic (exact) mass is 407 g/mol. The molecule has 9 heteroatoms. The van der Waals surface area contributed by atoms with Gasteiger partial charge >= 0.3 is 6.03 Å². The van der Waals surface area contributed by atoms with Crippen LogP contribution in [0.5, 0.6) is 0 Å². The summed E-state index contributed by atoms with van der Waals surface area (Å²) in [7, 11) is 0. The predicted octanol–water partition coefficient (Wildman–Crippen LogP) is 3.86. The SMILES string of the molecule is Cc1cn(-c2ccc(Cl)cc2)nc1NC(=O)NC(c1ccccc1)c1ncn[nH]1. The van der Waals surface area contributed by atoms with Gasteiger partial charge in [-0.05, 0) is 36.8 Å². The number of H-pyrrole nitrogens is 1. The molecule has 1 unspecified atom stereocenters. The maximum Gasteiger partial charge on any atom is 0.321 e. The van der Waals surface area contributed by atoms with Crippen molar-refractivity contribution in [2.45, 2.75) is 13.0 Å². The van der Waals surface area contributed by atoms with Crippen molar-refractivity contribution in [3.63, 3.8) is 0 Å². The van der Waals surface area contributed by atoms with Crippen LogP contribution in [0.15, 0.2) is 67.1 Å². The lowest BCUT2D eigenvalue weighted by Crippen LogP contribution is -2.34. The first kappa shape index (κ1) is 18.7. The Morgan fingerprint density at radius 2 is 1.90 bits per heavy atom. The van der Waals surface area contributed by atoms with Gasteiger partial charge in [0.15, 0.2) is 11.6 Å². The molecule has 4 rings (SSSR count). The van der Waals surface area contributed by atoms with Gasteiger partial charge in [-0.1, -0.05) is 41.9 Å². The molecule has 2 heterocycles. The van der Waals surface area contributed by atoms with Crippen LogP contribution in [0.2, 0.25) is 5.02 Å². The van der Waals surface area contributed by atoms with E-state index in [2.05, 4.69) is 30.9 Å². The van der Waals surface area contributed by atoms with E-state index in [-0.39, 0.29) is 0 Å². The van der Waals surface area contributed by atoms with Gasteiger partial charge in [-0.3, -0.25) is 10.4 Å². The molecule has 0 aliphatic carbocycles. The van der Waals surface area contributed by atoms with Crippen molar-refractivity contribution in [3.8, 4) is 5.69 Å². The molecule has 2 amide bonds. The molecule has 8 nitrogen and oxygen atoms in total. The van der Waals surface area contributed by atoms with Gasteiger partial charge in [-0.15, -0.1) is 5.10 Å². The Labute approximate surface area is 171 Å². The highest BCUT2D eigenvalue weighted by Gasteiger charge is 2.20. The molecule has 0 saturated carbocycles. The van der Waals surface area contributed by atoms with Crippen LogP contribution in [0, 0.1) is 6.92 Å². The Balaban J connectivity index is 1.52. The van der Waals surface area contributed by atoms with E-state index >= 15 is 0 Å². The third kappa shape index (κ3) is 4.27. The summed E-state index contributed by atoms with van der Waals surface area (Å²) in [6, 6.07) is 15.9. The van der Waals surface area contributed by atoms with Crippen molar-refractivity contribution < 1.29 is 4.79 Å². The molecule has 0 aliphatic rings. The van der Waals surface area contributed by atoms with Gasteiger partial charge in [0.2, 0.25) is 0 Å². The van der Waals surface area contributed by atoms with E-state index in [1.54, 1.807) is 16.8 Å². The van der Waals surface area contributed by atoms with Crippen LogP contribution in [-0.2, 0) is 0 Å². The Hall–Kier alpha value is -3.65. The predicted molar refractivity (Wildman–Crippen MR) is 110 cm³/mol. The van der Waals surface area contributed by atoms with E-state index in [0.717, 1.165) is 16.8 Å². The first-order valence-corrected chi connectivity index (χ1v) is 9.28. The van der Waals surface area contributed by atoms with E-state index in [1.165, 1.54) is 6.33 Å². The number of aryl methyl sites for hydroxylation is 1. The number of benzene rings is 2. The second kappa shape index (κ2) is 8.15. The van der Waals surface area contributed by atoms with Crippen molar-refractivity contribution in [1.82, 2.24) is 30.3 Å². The quantitative estimate of drug-likeness (QED) is 0.467. The summed E-state index contributed by atoms with van der Waals surface area (Å²) in [4.78, 5) is 16.9. The maximum absolute atomic E-state index is 12.7. The van der Waals surface area contributed by atoms with Crippen LogP contribution in [0.3, 0.4) is 0 Å². The summed E-state index contributed by atoms with van der Waals surface area (Å²) in [5.41, 5.74) is 2.55. The lowest BCUT2D eigenvalue weighted by atomic mass is 10.1. The van der Waals surface area contributed by atoms with Crippen molar-refractivity contribution in [2.24, 2.45) is 0 Å². The van der Waals surface area contributed by atoms with Crippen molar-refractivity contribution >= 4 is 23.4 Å². The number of halogens is 1. The summed E-state index contributed by atoms with van der Waals surface area (Å²) < 4.78 is 1.69. The number of carbonyl (C=O) groups is 1. The zero-order chi connectivity index (χ0) is 20.2. The van der Waals surface area contributed by atoms with E-state index < -0.39 is 12.1 Å². The molecule has 29 heavy (non-hydrogen) atoms. The number of anilines is 1. The van der Waals surface area contributed by atoms with Gasteiger partial charge in [0, 0.05) is 16.8 Å². The van der Waals surface area contributed by atoms with Gasteiger partial charge in [0.1, 0.15) is 12.4 Å². The van der Waals surface area contributed by atoms with Crippen molar-refractivity contribution in [1.29, 1.82) is 0 Å². The zero-order valence-electron chi connectivity index (χ0n) is 15.5. The first-order valence-electron chi connectivity index (χ1n) is 8.90. The Morgan fingerprint density at radius 3 is 2.59 bits per heavy atom. The number of nitrogens with one attached hydrogen (secondary N) is 3. The summed E-state index contributed by atoms with van der Waals surface area (Å²) in [5.74, 6) is 0.997. The van der Waals surface area contributed by atoms with Crippen LogP contribution >= 0.6 is 11.6 Å². The molecule has 0 spiro atoms. The number of nitrogens with zero attached hydrogens (tertiary/aromatic N) is 4. The maximum atomic E-state index is 12.7. The smallest absolute Gasteiger partial charge is 0.321 e. The molecule has 0 saturated heterocycles. The highest BCUT2D eigenvalue weighted by atomic mass is 35.5. The lowest BCUT2D eigenvalue weighted by Gasteiger charge is -2.17. The number of urea groups is 1. The molecule has 4 aromatic rings. The van der Waals surface area contributed by atoms with Crippen LogP contribution in [0.1, 0.15) is 23.0 Å². The largest absolute Gasteiger partial charge is 0.324 e. The van der Waals surface area contributed by atoms with Gasteiger partial charge in [0.05, 0.1) is 5.69 Å². The minimum Gasteiger partial charge on any atom is -0.324 e. The molecule has 146 valence electrons. The number of rotatable bonds is 5. The lowest BCUT2D eigenvalue weighted by molar-refractivity contribution is 0.249. The van der Waals surface area contributed by atoms with E-state index in [1.807, 2.05) is 55.6 Å². The van der Waals surface area contributed by atoms with E-state index in [4.69, 9.17) is 11.6 Å². The van der Waals surface area contributed by atoms with Crippen LogP contribution in [0.25, 0.3) is 5.69 Å². The molecule has 0 radical (unpaired) electrons. The summed E-state index contributed by atoms with van der Waals surface area (Å²) in [5, 5.41) is 17.5. The third-order valence-corrected chi connectivity index (χ3v) is 4.59. The number of hydrogen-bond donors (Lipinski definition) is 3. The minimum atomic E-state index is -0.475. The normalized spacial score (nSPS) is 11.8. The molecule has 2 aromatic carbocycles. The second-order valence-corrected chi connectivity index (χ2v) is 6.83. The Bertz CT molecular complexity index is 1090. The minimum absolute atomic E-state index is 0.403. The Kier molecular flexibility index (Phi) is 5.26. The second-order valence-electron chi connectivity index (χ2n) is 6.39. The van der Waals surface area contributed by atoms with Gasteiger partial charge in [-0.2, -0.15) is 5.10 Å².